The summed E-state index contributed by atoms with van der Waals surface area (Å²) in [6.07, 6.45) is -0.00655. The van der Waals surface area contributed by atoms with Gasteiger partial charge < -0.3 is 15.7 Å². The van der Waals surface area contributed by atoms with Gasteiger partial charge in [0.2, 0.25) is 5.91 Å². The second-order valence-electron chi connectivity index (χ2n) is 6.09. The number of amides is 1. The van der Waals surface area contributed by atoms with Crippen LogP contribution in [-0.2, 0) is 4.79 Å². The number of nitrogens with one attached hydrogen (secondary N) is 2. The Morgan fingerprint density at radius 3 is 2.74 bits per heavy atom. The molecule has 1 saturated heterocycles. The summed E-state index contributed by atoms with van der Waals surface area (Å²) in [7, 11) is 0. The minimum absolute atomic E-state index is 0.134. The molecule has 3 rings (SSSR count). The maximum Gasteiger partial charge on any atom is 0.243 e. The van der Waals surface area contributed by atoms with Gasteiger partial charge in [-0.3, -0.25) is 4.79 Å². The van der Waals surface area contributed by atoms with Crippen LogP contribution in [0, 0.1) is 0 Å². The van der Waals surface area contributed by atoms with E-state index in [0.717, 1.165) is 16.1 Å². The number of carbonyl (C=O) groups is 1. The van der Waals surface area contributed by atoms with E-state index in [1.54, 1.807) is 0 Å². The van der Waals surface area contributed by atoms with Crippen molar-refractivity contribution in [2.24, 2.45) is 0 Å². The molecule has 1 aliphatic rings. The Balaban J connectivity index is 1.82. The van der Waals surface area contributed by atoms with Gasteiger partial charge in [-0.2, -0.15) is 0 Å². The predicted molar refractivity (Wildman–Crippen MR) is 92.7 cm³/mol. The molecule has 3 N–H and O–H groups in total. The Kier molecular flexibility index (Phi) is 4.75. The summed E-state index contributed by atoms with van der Waals surface area (Å²) in [5.41, 5.74) is 1.99. The van der Waals surface area contributed by atoms with Crippen LogP contribution in [0.3, 0.4) is 0 Å². The number of anilines is 1. The highest BCUT2D eigenvalue weighted by Gasteiger charge is 2.29. The van der Waals surface area contributed by atoms with Crippen LogP contribution < -0.4 is 10.6 Å². The summed E-state index contributed by atoms with van der Waals surface area (Å²) >= 11 is 1.52. The van der Waals surface area contributed by atoms with Gasteiger partial charge in [0, 0.05) is 17.0 Å². The minimum Gasteiger partial charge on any atom is -0.392 e. The number of rotatable bonds is 4. The normalized spacial score (nSPS) is 20.9. The fourth-order valence-corrected chi connectivity index (χ4v) is 3.68. The van der Waals surface area contributed by atoms with E-state index in [0.29, 0.717) is 24.0 Å². The second-order valence-corrected chi connectivity index (χ2v) is 7.12. The van der Waals surface area contributed by atoms with E-state index in [-0.39, 0.29) is 11.9 Å². The van der Waals surface area contributed by atoms with Gasteiger partial charge in [-0.05, 0) is 12.3 Å². The summed E-state index contributed by atoms with van der Waals surface area (Å²) in [6, 6.07) is 9.66. The fourth-order valence-electron chi connectivity index (χ4n) is 2.69. The molecular weight excluding hydrogens is 310 g/mol. The second kappa shape index (κ2) is 6.78. The smallest absolute Gasteiger partial charge is 0.243 e. The summed E-state index contributed by atoms with van der Waals surface area (Å²) in [5.74, 6) is 0.199. The van der Waals surface area contributed by atoms with Crippen molar-refractivity contribution in [2.75, 3.05) is 11.9 Å². The highest BCUT2D eigenvalue weighted by molar-refractivity contribution is 7.16. The summed E-state index contributed by atoms with van der Waals surface area (Å²) in [5, 5.41) is 16.0. The van der Waals surface area contributed by atoms with E-state index < -0.39 is 6.10 Å². The first-order valence-electron chi connectivity index (χ1n) is 7.83. The number of hydrogen-bond acceptors (Lipinski definition) is 5. The number of aromatic nitrogens is 1. The van der Waals surface area contributed by atoms with Gasteiger partial charge in [-0.25, -0.2) is 4.98 Å². The molecule has 2 aromatic rings. The number of hydrogen-bond donors (Lipinski definition) is 3. The number of aliphatic hydroxyl groups excluding tert-OH is 1. The lowest BCUT2D eigenvalue weighted by Gasteiger charge is -2.08. The molecule has 1 fully saturated rings. The van der Waals surface area contributed by atoms with Crippen molar-refractivity contribution in [3.05, 3.63) is 35.2 Å². The average molecular weight is 331 g/mol. The number of β-amino-alcohol motifs (C(OH)–C–C–N with tert-alkyl or cyclic N) is 1. The van der Waals surface area contributed by atoms with E-state index in [4.69, 9.17) is 0 Å². The maximum atomic E-state index is 12.3. The zero-order valence-corrected chi connectivity index (χ0v) is 14.1. The molecule has 5 nitrogen and oxygen atoms in total. The zero-order valence-electron chi connectivity index (χ0n) is 13.2. The van der Waals surface area contributed by atoms with Gasteiger partial charge in [-0.15, -0.1) is 11.3 Å². The van der Waals surface area contributed by atoms with Crippen molar-refractivity contribution in [1.82, 2.24) is 10.3 Å². The Morgan fingerprint density at radius 2 is 2.13 bits per heavy atom. The fraction of sp³-hybridized carbons (Fsp3) is 0.412. The van der Waals surface area contributed by atoms with Gasteiger partial charge in [0.15, 0.2) is 5.13 Å². The molecule has 6 heteroatoms. The largest absolute Gasteiger partial charge is 0.392 e. The zero-order chi connectivity index (χ0) is 16.4. The molecule has 1 amide bonds. The SMILES string of the molecule is CC(C)c1sc(NC(=O)C2CC(O)CN2)nc1-c1ccccc1. The molecule has 2 unspecified atom stereocenters. The van der Waals surface area contributed by atoms with Crippen LogP contribution >= 0.6 is 11.3 Å². The third kappa shape index (κ3) is 3.60. The Morgan fingerprint density at radius 1 is 1.39 bits per heavy atom. The van der Waals surface area contributed by atoms with Gasteiger partial charge in [0.1, 0.15) is 0 Å². The first-order chi connectivity index (χ1) is 11.0. The van der Waals surface area contributed by atoms with Crippen molar-refractivity contribution >= 4 is 22.4 Å². The Labute approximate surface area is 139 Å². The van der Waals surface area contributed by atoms with Crippen molar-refractivity contribution in [3.63, 3.8) is 0 Å². The number of aliphatic hydroxyl groups is 1. The number of benzene rings is 1. The summed E-state index contributed by atoms with van der Waals surface area (Å²) < 4.78 is 0. The quantitative estimate of drug-likeness (QED) is 0.805. The van der Waals surface area contributed by atoms with Gasteiger partial charge in [0.25, 0.3) is 0 Å². The van der Waals surface area contributed by atoms with Crippen LogP contribution in [0.25, 0.3) is 11.3 Å². The highest BCUT2D eigenvalue weighted by Crippen LogP contribution is 2.36. The van der Waals surface area contributed by atoms with E-state index in [9.17, 15) is 9.90 Å². The molecule has 0 radical (unpaired) electrons. The van der Waals surface area contributed by atoms with E-state index in [1.807, 2.05) is 30.3 Å². The van der Waals surface area contributed by atoms with Crippen molar-refractivity contribution in [1.29, 1.82) is 0 Å². The van der Waals surface area contributed by atoms with Crippen LogP contribution in [-0.4, -0.2) is 34.7 Å². The molecular formula is C17H21N3O2S. The Hall–Kier alpha value is -1.76. The van der Waals surface area contributed by atoms with Crippen LogP contribution in [0.15, 0.2) is 30.3 Å². The molecule has 2 heterocycles. The lowest BCUT2D eigenvalue weighted by molar-refractivity contribution is -0.117. The standard InChI is InChI=1S/C17H21N3O2S/c1-10(2)15-14(11-6-4-3-5-7-11)19-17(23-15)20-16(22)13-8-12(21)9-18-13/h3-7,10,12-13,18,21H,8-9H2,1-2H3,(H,19,20,22). The monoisotopic (exact) mass is 331 g/mol. The van der Waals surface area contributed by atoms with Crippen molar-refractivity contribution < 1.29 is 9.90 Å². The van der Waals surface area contributed by atoms with Gasteiger partial charge in [0.05, 0.1) is 17.8 Å². The van der Waals surface area contributed by atoms with Crippen LogP contribution in [0.5, 0.6) is 0 Å². The summed E-state index contributed by atoms with van der Waals surface area (Å²) in [4.78, 5) is 18.1. The van der Waals surface area contributed by atoms with E-state index in [1.165, 1.54) is 11.3 Å². The van der Waals surface area contributed by atoms with Crippen LogP contribution in [0.4, 0.5) is 5.13 Å². The van der Waals surface area contributed by atoms with E-state index >= 15 is 0 Å². The number of carbonyl (C=O) groups excluding carboxylic acids is 1. The topological polar surface area (TPSA) is 74.2 Å². The molecule has 0 aliphatic carbocycles. The van der Waals surface area contributed by atoms with Gasteiger partial charge in [-0.1, -0.05) is 44.2 Å². The molecule has 1 aromatic heterocycles. The predicted octanol–water partition coefficient (Wildman–Crippen LogP) is 2.59. The molecule has 0 saturated carbocycles. The molecule has 1 aromatic carbocycles. The first kappa shape index (κ1) is 16.1. The highest BCUT2D eigenvalue weighted by atomic mass is 32.1. The first-order valence-corrected chi connectivity index (χ1v) is 8.64. The third-order valence-corrected chi connectivity index (χ3v) is 5.15. The summed E-state index contributed by atoms with van der Waals surface area (Å²) in [6.45, 7) is 4.71. The molecule has 0 spiro atoms. The molecule has 122 valence electrons. The van der Waals surface area contributed by atoms with Crippen molar-refractivity contribution in [2.45, 2.75) is 38.3 Å². The minimum atomic E-state index is -0.451. The van der Waals surface area contributed by atoms with Crippen LogP contribution in [0.1, 0.15) is 31.1 Å². The van der Waals surface area contributed by atoms with Gasteiger partial charge >= 0.3 is 0 Å². The average Bonchev–Trinajstić information content (AvgIpc) is 3.15. The molecule has 23 heavy (non-hydrogen) atoms. The van der Waals surface area contributed by atoms with Crippen molar-refractivity contribution in [3.8, 4) is 11.3 Å². The van der Waals surface area contributed by atoms with Crippen LogP contribution in [0.2, 0.25) is 0 Å². The lowest BCUT2D eigenvalue weighted by Crippen LogP contribution is -2.35. The lowest BCUT2D eigenvalue weighted by atomic mass is 10.1. The molecule has 0 bridgehead atoms. The molecule has 2 atom stereocenters. The number of nitrogens with zero attached hydrogens (tertiary/aromatic N) is 1. The molecule has 1 aliphatic heterocycles. The Bertz CT molecular complexity index is 684. The number of thiazole rings is 1. The maximum absolute atomic E-state index is 12.3. The van der Waals surface area contributed by atoms with E-state index in [2.05, 4.69) is 29.5 Å². The third-order valence-electron chi connectivity index (χ3n) is 3.88.